The highest BCUT2D eigenvalue weighted by molar-refractivity contribution is 9.10. The fourth-order valence-corrected chi connectivity index (χ4v) is 2.72. The van der Waals surface area contributed by atoms with Crippen LogP contribution >= 0.6 is 15.9 Å². The predicted octanol–water partition coefficient (Wildman–Crippen LogP) is 1.53. The fraction of sp³-hybridized carbons (Fsp3) is 0.714. The second kappa shape index (κ2) is 8.51. The third-order valence-electron chi connectivity index (χ3n) is 3.31. The first-order valence-electron chi connectivity index (χ1n) is 7.24. The quantitative estimate of drug-likeness (QED) is 0.735. The van der Waals surface area contributed by atoms with Crippen LogP contribution in [0.25, 0.3) is 0 Å². The Morgan fingerprint density at radius 3 is 2.52 bits per heavy atom. The molecule has 0 bridgehead atoms. The summed E-state index contributed by atoms with van der Waals surface area (Å²) in [6, 6.07) is 0.955. The average molecular weight is 361 g/mol. The van der Waals surface area contributed by atoms with Crippen LogP contribution in [-0.2, 0) is 6.54 Å². The summed E-state index contributed by atoms with van der Waals surface area (Å²) in [6.07, 6.45) is 1.61. The molecule has 21 heavy (non-hydrogen) atoms. The van der Waals surface area contributed by atoms with Crippen molar-refractivity contribution in [1.29, 1.82) is 0 Å². The van der Waals surface area contributed by atoms with Gasteiger partial charge in [-0.15, -0.1) is 0 Å². The molecule has 7 heteroatoms. The first-order chi connectivity index (χ1) is 9.88. The summed E-state index contributed by atoms with van der Waals surface area (Å²) >= 11 is 3.30. The lowest BCUT2D eigenvalue weighted by Gasteiger charge is -2.30. The largest absolute Gasteiger partial charge is 0.394 e. The normalized spacial score (nSPS) is 11.7. The molecule has 6 nitrogen and oxygen atoms in total. The number of nitrogens with one attached hydrogen (secondary N) is 1. The zero-order chi connectivity index (χ0) is 16.0. The van der Waals surface area contributed by atoms with Crippen LogP contribution in [0.5, 0.6) is 0 Å². The van der Waals surface area contributed by atoms with Gasteiger partial charge in [-0.1, -0.05) is 0 Å². The van der Waals surface area contributed by atoms with Crippen molar-refractivity contribution in [2.24, 2.45) is 0 Å². The molecule has 1 aromatic rings. The molecule has 120 valence electrons. The van der Waals surface area contributed by atoms with Crippen LogP contribution in [0.2, 0.25) is 0 Å². The molecule has 0 atom stereocenters. The number of hydrogen-bond acceptors (Lipinski definition) is 5. The van der Waals surface area contributed by atoms with E-state index in [4.69, 9.17) is 5.11 Å². The molecule has 0 aromatic carbocycles. The third kappa shape index (κ3) is 5.09. The van der Waals surface area contributed by atoms with Gasteiger partial charge in [-0.25, -0.2) is 4.68 Å². The molecule has 0 aliphatic heterocycles. The molecule has 0 saturated carbocycles. The van der Waals surface area contributed by atoms with Crippen molar-refractivity contribution in [1.82, 2.24) is 14.7 Å². The van der Waals surface area contributed by atoms with E-state index in [2.05, 4.69) is 58.9 Å². The summed E-state index contributed by atoms with van der Waals surface area (Å²) in [5.41, 5.74) is 0.445. The Morgan fingerprint density at radius 1 is 1.38 bits per heavy atom. The summed E-state index contributed by atoms with van der Waals surface area (Å²) in [5.74, 6) is 0. The summed E-state index contributed by atoms with van der Waals surface area (Å²) in [7, 11) is 0. The Balaban J connectivity index is 2.68. The van der Waals surface area contributed by atoms with Crippen molar-refractivity contribution >= 4 is 21.6 Å². The van der Waals surface area contributed by atoms with Gasteiger partial charge in [0.05, 0.1) is 25.0 Å². The van der Waals surface area contributed by atoms with Gasteiger partial charge in [-0.3, -0.25) is 9.69 Å². The van der Waals surface area contributed by atoms with Crippen LogP contribution in [0.4, 0.5) is 5.69 Å². The maximum absolute atomic E-state index is 12.0. The van der Waals surface area contributed by atoms with Gasteiger partial charge in [0.1, 0.15) is 4.47 Å². The van der Waals surface area contributed by atoms with Crippen LogP contribution in [-0.4, -0.2) is 51.6 Å². The second-order valence-electron chi connectivity index (χ2n) is 5.48. The molecule has 0 aliphatic rings. The van der Waals surface area contributed by atoms with Crippen molar-refractivity contribution in [3.05, 3.63) is 21.0 Å². The van der Waals surface area contributed by atoms with E-state index in [1.807, 2.05) is 0 Å². The minimum Gasteiger partial charge on any atom is -0.394 e. The van der Waals surface area contributed by atoms with Crippen LogP contribution in [0.3, 0.4) is 0 Å². The molecule has 0 fully saturated rings. The highest BCUT2D eigenvalue weighted by atomic mass is 79.9. The van der Waals surface area contributed by atoms with Gasteiger partial charge in [0.2, 0.25) is 0 Å². The lowest BCUT2D eigenvalue weighted by molar-refractivity contribution is 0.182. The number of aromatic nitrogens is 2. The molecule has 0 aliphatic carbocycles. The van der Waals surface area contributed by atoms with Gasteiger partial charge in [-0.05, 0) is 43.6 Å². The predicted molar refractivity (Wildman–Crippen MR) is 88.8 cm³/mol. The number of halogens is 1. The van der Waals surface area contributed by atoms with E-state index >= 15 is 0 Å². The molecule has 1 aromatic heterocycles. The summed E-state index contributed by atoms with van der Waals surface area (Å²) in [6.45, 7) is 10.4. The smallest absolute Gasteiger partial charge is 0.283 e. The molecule has 0 radical (unpaired) electrons. The van der Waals surface area contributed by atoms with E-state index in [0.717, 1.165) is 13.1 Å². The number of aliphatic hydroxyl groups is 1. The van der Waals surface area contributed by atoms with Crippen molar-refractivity contribution in [2.45, 2.75) is 46.3 Å². The maximum Gasteiger partial charge on any atom is 0.283 e. The molecule has 0 saturated heterocycles. The van der Waals surface area contributed by atoms with Crippen molar-refractivity contribution in [3.63, 3.8) is 0 Å². The standard InChI is InChI=1S/C14H25BrN4O2/c1-10(2)18(11(3)4)6-5-16-12-9-17-19(7-8-20)14(21)13(12)15/h9-11,16,20H,5-8H2,1-4H3. The van der Waals surface area contributed by atoms with E-state index in [9.17, 15) is 4.79 Å². The summed E-state index contributed by atoms with van der Waals surface area (Å²) in [4.78, 5) is 14.4. The fourth-order valence-electron chi connectivity index (χ4n) is 2.27. The first-order valence-corrected chi connectivity index (χ1v) is 8.03. The molecule has 0 spiro atoms. The molecular weight excluding hydrogens is 336 g/mol. The third-order valence-corrected chi connectivity index (χ3v) is 4.08. The minimum atomic E-state index is -0.237. The lowest BCUT2D eigenvalue weighted by atomic mass is 10.2. The zero-order valence-electron chi connectivity index (χ0n) is 13.1. The number of anilines is 1. The number of rotatable bonds is 8. The van der Waals surface area contributed by atoms with E-state index in [-0.39, 0.29) is 18.7 Å². The molecular formula is C14H25BrN4O2. The Kier molecular flexibility index (Phi) is 7.34. The Morgan fingerprint density at radius 2 is 2.00 bits per heavy atom. The van der Waals surface area contributed by atoms with E-state index < -0.39 is 0 Å². The molecule has 0 unspecified atom stereocenters. The van der Waals surface area contributed by atoms with Crippen molar-refractivity contribution in [2.75, 3.05) is 25.0 Å². The van der Waals surface area contributed by atoms with Gasteiger partial charge in [-0.2, -0.15) is 5.10 Å². The maximum atomic E-state index is 12.0. The molecule has 1 rings (SSSR count). The second-order valence-corrected chi connectivity index (χ2v) is 6.27. The topological polar surface area (TPSA) is 70.4 Å². The molecule has 1 heterocycles. The lowest BCUT2D eigenvalue weighted by Crippen LogP contribution is -2.40. The first kappa shape index (κ1) is 18.1. The van der Waals surface area contributed by atoms with Crippen LogP contribution in [0.1, 0.15) is 27.7 Å². The van der Waals surface area contributed by atoms with Gasteiger partial charge in [0, 0.05) is 25.2 Å². The SMILES string of the molecule is CC(C)N(CCNc1cnn(CCO)c(=O)c1Br)C(C)C. The Hall–Kier alpha value is -0.920. The highest BCUT2D eigenvalue weighted by Crippen LogP contribution is 2.16. The van der Waals surface area contributed by atoms with Gasteiger partial charge >= 0.3 is 0 Å². The van der Waals surface area contributed by atoms with Crippen LogP contribution in [0, 0.1) is 0 Å². The number of hydrogen-bond donors (Lipinski definition) is 2. The summed E-state index contributed by atoms with van der Waals surface area (Å²) in [5, 5.41) is 16.1. The molecule has 0 amide bonds. The van der Waals surface area contributed by atoms with Crippen molar-refractivity contribution < 1.29 is 5.11 Å². The van der Waals surface area contributed by atoms with Crippen molar-refractivity contribution in [3.8, 4) is 0 Å². The Bertz CT molecular complexity index is 494. The van der Waals surface area contributed by atoms with E-state index in [1.165, 1.54) is 4.68 Å². The van der Waals surface area contributed by atoms with Crippen LogP contribution in [0.15, 0.2) is 15.5 Å². The monoisotopic (exact) mass is 360 g/mol. The van der Waals surface area contributed by atoms with Crippen LogP contribution < -0.4 is 10.9 Å². The van der Waals surface area contributed by atoms with Gasteiger partial charge in [0.15, 0.2) is 0 Å². The number of nitrogens with zero attached hydrogens (tertiary/aromatic N) is 3. The van der Waals surface area contributed by atoms with E-state index in [0.29, 0.717) is 22.2 Å². The average Bonchev–Trinajstić information content (AvgIpc) is 2.41. The van der Waals surface area contributed by atoms with Gasteiger partial charge in [0.25, 0.3) is 5.56 Å². The number of aliphatic hydroxyl groups excluding tert-OH is 1. The highest BCUT2D eigenvalue weighted by Gasteiger charge is 2.13. The van der Waals surface area contributed by atoms with E-state index in [1.54, 1.807) is 6.20 Å². The molecule has 2 N–H and O–H groups in total. The minimum absolute atomic E-state index is 0.107. The zero-order valence-corrected chi connectivity index (χ0v) is 14.7. The Labute approximate surface area is 134 Å². The summed E-state index contributed by atoms with van der Waals surface area (Å²) < 4.78 is 1.69. The van der Waals surface area contributed by atoms with Gasteiger partial charge < -0.3 is 10.4 Å².